The molecule has 0 bridgehead atoms. The number of carbonyl (C=O) groups is 2. The van der Waals surface area contributed by atoms with Crippen LogP contribution in [0.15, 0.2) is 94.5 Å². The number of oxazole rings is 1. The second-order valence-electron chi connectivity index (χ2n) is 11.0. The number of allylic oxidation sites excluding steroid dienone is 1. The third kappa shape index (κ3) is 5.88. The molecule has 3 atom stereocenters. The summed E-state index contributed by atoms with van der Waals surface area (Å²) < 4.78 is 20.3. The highest BCUT2D eigenvalue weighted by Crippen LogP contribution is 2.33. The number of amides is 2. The third-order valence-corrected chi connectivity index (χ3v) is 8.14. The standard InChI is InChI=1S/C34H33FN4O3/c1-22(29-18-25(21-36-29)26-12-5-6-13-27(26)35)37-34(41)24(19-32-38-28-14-7-8-16-31(28)42-32)20-33(40)39-17-9-15-30(39)23-10-3-2-4-11-23/h2-8,10-14,16,21-22,24,30H,9,15,17-20H2,1H3,(H,37,41)/t22-,24-,30+/m0/s1. The van der Waals surface area contributed by atoms with Gasteiger partial charge in [0, 0.05) is 43.3 Å². The highest BCUT2D eigenvalue weighted by Gasteiger charge is 2.34. The van der Waals surface area contributed by atoms with E-state index in [4.69, 9.17) is 4.42 Å². The van der Waals surface area contributed by atoms with Crippen molar-refractivity contribution in [2.24, 2.45) is 10.9 Å². The predicted molar refractivity (Wildman–Crippen MR) is 160 cm³/mol. The first kappa shape index (κ1) is 27.6. The molecule has 3 heterocycles. The second-order valence-corrected chi connectivity index (χ2v) is 11.0. The maximum absolute atomic E-state index is 14.3. The van der Waals surface area contributed by atoms with E-state index in [0.717, 1.165) is 29.7 Å². The molecule has 1 saturated heterocycles. The fourth-order valence-corrected chi connectivity index (χ4v) is 5.90. The molecule has 0 radical (unpaired) electrons. The average Bonchev–Trinajstić information content (AvgIpc) is 3.77. The molecule has 0 spiro atoms. The number of fused-ring (bicyclic) bond motifs is 1. The number of nitrogens with one attached hydrogen (secondary N) is 1. The van der Waals surface area contributed by atoms with Crippen molar-refractivity contribution < 1.29 is 18.4 Å². The van der Waals surface area contributed by atoms with Crippen molar-refractivity contribution in [3.8, 4) is 0 Å². The zero-order chi connectivity index (χ0) is 29.1. The zero-order valence-corrected chi connectivity index (χ0v) is 23.5. The lowest BCUT2D eigenvalue weighted by atomic mass is 9.96. The van der Waals surface area contributed by atoms with Crippen LogP contribution in [-0.2, 0) is 16.0 Å². The molecule has 4 aromatic rings. The maximum Gasteiger partial charge on any atom is 0.224 e. The Morgan fingerprint density at radius 2 is 1.81 bits per heavy atom. The van der Waals surface area contributed by atoms with Crippen LogP contribution in [0.2, 0.25) is 0 Å². The number of hydrogen-bond donors (Lipinski definition) is 1. The molecule has 42 heavy (non-hydrogen) atoms. The minimum Gasteiger partial charge on any atom is -0.441 e. The summed E-state index contributed by atoms with van der Waals surface area (Å²) in [6.07, 6.45) is 4.13. The Morgan fingerprint density at radius 1 is 1.05 bits per heavy atom. The summed E-state index contributed by atoms with van der Waals surface area (Å²) >= 11 is 0. The van der Waals surface area contributed by atoms with Crippen molar-refractivity contribution in [2.75, 3.05) is 6.54 Å². The van der Waals surface area contributed by atoms with E-state index < -0.39 is 12.0 Å². The van der Waals surface area contributed by atoms with E-state index in [1.165, 1.54) is 6.07 Å². The van der Waals surface area contributed by atoms with Crippen LogP contribution >= 0.6 is 0 Å². The van der Waals surface area contributed by atoms with Crippen LogP contribution in [-0.4, -0.2) is 40.0 Å². The van der Waals surface area contributed by atoms with Crippen molar-refractivity contribution in [1.82, 2.24) is 15.2 Å². The van der Waals surface area contributed by atoms with E-state index in [2.05, 4.69) is 15.3 Å². The van der Waals surface area contributed by atoms with E-state index in [1.807, 2.05) is 66.4 Å². The Hall–Kier alpha value is -4.59. The molecule has 2 aliphatic rings. The SMILES string of the molecule is C[C@H](NC(=O)[C@H](CC(=O)N1CCC[C@@H]1c1ccccc1)Cc1nc2ccccc2o1)C1=NC=C(c2ccccc2F)C1. The molecule has 0 saturated carbocycles. The first-order valence-electron chi connectivity index (χ1n) is 14.5. The molecule has 2 amide bonds. The molecule has 2 aliphatic heterocycles. The molecule has 3 aromatic carbocycles. The minimum absolute atomic E-state index is 0.00128. The van der Waals surface area contributed by atoms with Gasteiger partial charge in [-0.2, -0.15) is 0 Å². The number of para-hydroxylation sites is 2. The van der Waals surface area contributed by atoms with Gasteiger partial charge >= 0.3 is 0 Å². The van der Waals surface area contributed by atoms with Crippen LogP contribution in [0.5, 0.6) is 0 Å². The van der Waals surface area contributed by atoms with Crippen LogP contribution in [0, 0.1) is 11.7 Å². The van der Waals surface area contributed by atoms with Crippen LogP contribution in [0.25, 0.3) is 16.7 Å². The van der Waals surface area contributed by atoms with Gasteiger partial charge in [0.15, 0.2) is 11.5 Å². The lowest BCUT2D eigenvalue weighted by Gasteiger charge is -2.27. The van der Waals surface area contributed by atoms with E-state index in [9.17, 15) is 14.0 Å². The third-order valence-electron chi connectivity index (χ3n) is 8.14. The summed E-state index contributed by atoms with van der Waals surface area (Å²) in [4.78, 5) is 38.4. The van der Waals surface area contributed by atoms with E-state index in [1.54, 1.807) is 24.4 Å². The Bertz CT molecular complexity index is 1630. The summed E-state index contributed by atoms with van der Waals surface area (Å²) in [7, 11) is 0. The Morgan fingerprint density at radius 3 is 2.62 bits per heavy atom. The Labute approximate surface area is 244 Å². The summed E-state index contributed by atoms with van der Waals surface area (Å²) in [5, 5.41) is 3.06. The smallest absolute Gasteiger partial charge is 0.224 e. The lowest BCUT2D eigenvalue weighted by molar-refractivity contribution is -0.137. The first-order chi connectivity index (χ1) is 20.5. The topological polar surface area (TPSA) is 87.8 Å². The molecule has 1 fully saturated rings. The average molecular weight is 565 g/mol. The van der Waals surface area contributed by atoms with Crippen molar-refractivity contribution in [3.05, 3.63) is 108 Å². The highest BCUT2D eigenvalue weighted by atomic mass is 19.1. The van der Waals surface area contributed by atoms with Gasteiger partial charge in [-0.15, -0.1) is 0 Å². The number of halogens is 1. The molecular weight excluding hydrogens is 531 g/mol. The van der Waals surface area contributed by atoms with E-state index >= 15 is 0 Å². The van der Waals surface area contributed by atoms with Crippen molar-refractivity contribution >= 4 is 34.2 Å². The van der Waals surface area contributed by atoms with Gasteiger partial charge in [0.05, 0.1) is 18.0 Å². The molecular formula is C34H33FN4O3. The first-order valence-corrected chi connectivity index (χ1v) is 14.5. The molecule has 1 aromatic heterocycles. The summed E-state index contributed by atoms with van der Waals surface area (Å²) in [5.74, 6) is -0.905. The number of carbonyl (C=O) groups excluding carboxylic acids is 2. The lowest BCUT2D eigenvalue weighted by Crippen LogP contribution is -2.44. The molecule has 0 aliphatic carbocycles. The van der Waals surface area contributed by atoms with Gasteiger partial charge in [-0.25, -0.2) is 9.37 Å². The Balaban J connectivity index is 1.17. The molecule has 0 unspecified atom stereocenters. The number of nitrogens with zero attached hydrogens (tertiary/aromatic N) is 3. The number of aliphatic imine (C=N–C) groups is 1. The number of likely N-dealkylation sites (tertiary alicyclic amines) is 1. The fourth-order valence-electron chi connectivity index (χ4n) is 5.90. The number of rotatable bonds is 9. The summed E-state index contributed by atoms with van der Waals surface area (Å²) in [6.45, 7) is 2.52. The summed E-state index contributed by atoms with van der Waals surface area (Å²) in [5.41, 5.74) is 4.46. The van der Waals surface area contributed by atoms with Crippen LogP contribution < -0.4 is 5.32 Å². The number of benzene rings is 3. The van der Waals surface area contributed by atoms with Gasteiger partial charge < -0.3 is 14.6 Å². The molecule has 214 valence electrons. The summed E-state index contributed by atoms with van der Waals surface area (Å²) in [6, 6.07) is 23.7. The van der Waals surface area contributed by atoms with Gasteiger partial charge in [-0.1, -0.05) is 60.7 Å². The van der Waals surface area contributed by atoms with Crippen molar-refractivity contribution in [3.63, 3.8) is 0 Å². The molecule has 1 N–H and O–H groups in total. The fraction of sp³-hybridized carbons (Fsp3) is 0.294. The number of aromatic nitrogens is 1. The molecule has 8 heteroatoms. The monoisotopic (exact) mass is 564 g/mol. The minimum atomic E-state index is -0.689. The van der Waals surface area contributed by atoms with Crippen molar-refractivity contribution in [2.45, 2.75) is 51.1 Å². The second kappa shape index (κ2) is 12.1. The maximum atomic E-state index is 14.3. The quantitative estimate of drug-likeness (QED) is 0.260. The van der Waals surface area contributed by atoms with Gasteiger partial charge in [-0.05, 0) is 49.1 Å². The van der Waals surface area contributed by atoms with E-state index in [-0.39, 0.29) is 36.5 Å². The zero-order valence-electron chi connectivity index (χ0n) is 23.5. The van der Waals surface area contributed by atoms with Crippen molar-refractivity contribution in [1.29, 1.82) is 0 Å². The predicted octanol–water partition coefficient (Wildman–Crippen LogP) is 6.27. The van der Waals surface area contributed by atoms with Crippen LogP contribution in [0.1, 0.15) is 55.7 Å². The molecule has 6 rings (SSSR count). The van der Waals surface area contributed by atoms with E-state index in [0.29, 0.717) is 35.5 Å². The van der Waals surface area contributed by atoms with Gasteiger partial charge in [0.1, 0.15) is 11.3 Å². The number of hydrogen-bond acceptors (Lipinski definition) is 5. The molecule has 7 nitrogen and oxygen atoms in total. The van der Waals surface area contributed by atoms with Gasteiger partial charge in [0.2, 0.25) is 11.8 Å². The van der Waals surface area contributed by atoms with Gasteiger partial charge in [0.25, 0.3) is 0 Å². The van der Waals surface area contributed by atoms with Crippen LogP contribution in [0.3, 0.4) is 0 Å². The Kier molecular flexibility index (Phi) is 7.95. The largest absolute Gasteiger partial charge is 0.441 e. The van der Waals surface area contributed by atoms with Gasteiger partial charge in [-0.3, -0.25) is 14.6 Å². The normalized spacial score (nSPS) is 18.0. The van der Waals surface area contributed by atoms with Crippen LogP contribution in [0.4, 0.5) is 4.39 Å². The highest BCUT2D eigenvalue weighted by molar-refractivity contribution is 6.03.